The van der Waals surface area contributed by atoms with Crippen LogP contribution in [0, 0.1) is 0 Å². The second-order valence-electron chi connectivity index (χ2n) is 8.49. The lowest BCUT2D eigenvalue weighted by Crippen LogP contribution is -2.53. The lowest BCUT2D eigenvalue weighted by molar-refractivity contribution is -0.108. The van der Waals surface area contributed by atoms with Crippen molar-refractivity contribution >= 4 is 49.6 Å². The monoisotopic (exact) mass is 470 g/mol. The summed E-state index contributed by atoms with van der Waals surface area (Å²) in [5.41, 5.74) is 0.479. The van der Waals surface area contributed by atoms with E-state index in [9.17, 15) is 4.79 Å². The van der Waals surface area contributed by atoms with Gasteiger partial charge in [-0.25, -0.2) is 0 Å². The van der Waals surface area contributed by atoms with Crippen molar-refractivity contribution in [3.05, 3.63) is 0 Å². The Bertz CT molecular complexity index is 419. The molecule has 28 heavy (non-hydrogen) atoms. The summed E-state index contributed by atoms with van der Waals surface area (Å²) in [5, 5.41) is 0. The van der Waals surface area contributed by atoms with Gasteiger partial charge in [-0.15, -0.1) is 11.8 Å². The summed E-state index contributed by atoms with van der Waals surface area (Å²) >= 11 is 7.09. The average molecular weight is 471 g/mol. The fraction of sp³-hybridized carbons (Fsp3) is 0.955. The fourth-order valence-electron chi connectivity index (χ4n) is 4.97. The highest BCUT2D eigenvalue weighted by atomic mass is 32.3. The van der Waals surface area contributed by atoms with Gasteiger partial charge in [0.15, 0.2) is 9.76 Å². The molecular formula is C22H50O2S3Si. The van der Waals surface area contributed by atoms with E-state index in [2.05, 4.69) is 53.3 Å². The van der Waals surface area contributed by atoms with Crippen molar-refractivity contribution in [2.75, 3.05) is 34.5 Å². The van der Waals surface area contributed by atoms with Gasteiger partial charge in [-0.3, -0.25) is 9.16 Å². The maximum Gasteiger partial charge on any atom is 0.167 e. The van der Waals surface area contributed by atoms with Crippen molar-refractivity contribution in [1.82, 2.24) is 0 Å². The molecule has 0 aromatic rings. The van der Waals surface area contributed by atoms with Crippen molar-refractivity contribution < 1.29 is 9.22 Å². The van der Waals surface area contributed by atoms with Crippen LogP contribution in [0.25, 0.3) is 0 Å². The van der Waals surface area contributed by atoms with Gasteiger partial charge in [-0.1, -0.05) is 60.8 Å². The molecule has 0 aromatic carbocycles. The highest BCUT2D eigenvalue weighted by Gasteiger charge is 2.55. The predicted molar refractivity (Wildman–Crippen MR) is 143 cm³/mol. The van der Waals surface area contributed by atoms with E-state index >= 15 is 0 Å². The Morgan fingerprint density at radius 3 is 2.14 bits per heavy atom. The molecule has 0 aromatic heterocycles. The van der Waals surface area contributed by atoms with Gasteiger partial charge in [0, 0.05) is 12.2 Å². The van der Waals surface area contributed by atoms with E-state index in [4.69, 9.17) is 17.1 Å². The molecule has 0 aliphatic rings. The SMILES string of the molecule is CCCC[SH](CC)(CC)(CCC)C(CS)(O[SiH2]C(CC=O)CCC)SCCC. The van der Waals surface area contributed by atoms with Gasteiger partial charge in [-0.2, -0.15) is 12.6 Å². The second-order valence-corrected chi connectivity index (χ2v) is 19.1. The third-order valence-electron chi connectivity index (χ3n) is 6.93. The normalized spacial score (nSPS) is 17.3. The third-order valence-corrected chi connectivity index (χ3v) is 22.1. The molecule has 0 fully saturated rings. The zero-order valence-electron chi connectivity index (χ0n) is 19.7. The minimum atomic E-state index is -2.14. The van der Waals surface area contributed by atoms with E-state index in [-0.39, 0.29) is 4.27 Å². The Morgan fingerprint density at radius 1 is 1.04 bits per heavy atom. The Balaban J connectivity index is 6.20. The van der Waals surface area contributed by atoms with Crippen molar-refractivity contribution in [3.63, 3.8) is 0 Å². The molecule has 0 saturated carbocycles. The minimum Gasteiger partial charge on any atom is -0.403 e. The van der Waals surface area contributed by atoms with Crippen molar-refractivity contribution in [2.24, 2.45) is 0 Å². The number of aldehydes is 1. The zero-order valence-corrected chi connectivity index (χ0v) is 23.7. The Kier molecular flexibility index (Phi) is 15.3. The molecule has 0 heterocycles. The first-order valence-corrected chi connectivity index (χ1v) is 17.7. The average Bonchev–Trinajstić information content (AvgIpc) is 2.72. The Hall–Kier alpha value is 0.897. The summed E-state index contributed by atoms with van der Waals surface area (Å²) in [6, 6.07) is 0. The first-order chi connectivity index (χ1) is 13.4. The van der Waals surface area contributed by atoms with E-state index < -0.39 is 18.9 Å². The summed E-state index contributed by atoms with van der Waals surface area (Å²) < 4.78 is 7.06. The number of unbranched alkanes of at least 4 members (excludes halogenated alkanes) is 1. The van der Waals surface area contributed by atoms with E-state index in [0.717, 1.165) is 30.6 Å². The molecule has 0 saturated heterocycles. The number of thiol groups is 2. The molecule has 0 amide bonds. The molecule has 2 unspecified atom stereocenters. The number of thioether (sulfide) groups is 1. The van der Waals surface area contributed by atoms with E-state index in [1.807, 2.05) is 0 Å². The number of rotatable bonds is 19. The molecule has 0 N–H and O–H groups in total. The summed E-state index contributed by atoms with van der Waals surface area (Å²) in [6.07, 6.45) is 9.03. The van der Waals surface area contributed by atoms with Gasteiger partial charge < -0.3 is 9.22 Å². The highest BCUT2D eigenvalue weighted by molar-refractivity contribution is 8.55. The third kappa shape index (κ3) is 6.70. The van der Waals surface area contributed by atoms with Crippen LogP contribution in [0.3, 0.4) is 0 Å². The van der Waals surface area contributed by atoms with Crippen LogP contribution in [0.4, 0.5) is 0 Å². The van der Waals surface area contributed by atoms with Crippen LogP contribution < -0.4 is 0 Å². The quantitative estimate of drug-likeness (QED) is 0.100. The van der Waals surface area contributed by atoms with Crippen LogP contribution in [-0.2, 0) is 9.22 Å². The summed E-state index contributed by atoms with van der Waals surface area (Å²) in [6.45, 7) is 14.1. The Labute approximate surface area is 189 Å². The summed E-state index contributed by atoms with van der Waals surface area (Å²) in [4.78, 5) is 11.2. The predicted octanol–water partition coefficient (Wildman–Crippen LogP) is 6.31. The summed E-state index contributed by atoms with van der Waals surface area (Å²) in [5.74, 6) is 7.20. The molecule has 0 spiro atoms. The molecular weight excluding hydrogens is 421 g/mol. The standard InChI is InChI=1S/C22H50O2S3Si/c1-7-13-19-27(11-5,12-6,18-10-4)22(20-25,26-17-9-3)24-28-21(14-8-2)15-16-23/h16,21,25,27H,7-15,17-20,28H2,1-6H3. The van der Waals surface area contributed by atoms with Crippen LogP contribution in [-0.4, -0.2) is 54.8 Å². The molecule has 0 radical (unpaired) electrons. The maximum atomic E-state index is 11.2. The lowest BCUT2D eigenvalue weighted by Gasteiger charge is -2.71. The topological polar surface area (TPSA) is 26.3 Å². The molecule has 2 atom stereocenters. The van der Waals surface area contributed by atoms with E-state index in [1.165, 1.54) is 48.7 Å². The number of carbonyl (C=O) groups is 1. The van der Waals surface area contributed by atoms with Crippen LogP contribution in [0.5, 0.6) is 0 Å². The Morgan fingerprint density at radius 2 is 1.71 bits per heavy atom. The molecule has 0 bridgehead atoms. The largest absolute Gasteiger partial charge is 0.403 e. The molecule has 6 heteroatoms. The molecule has 0 aliphatic heterocycles. The van der Waals surface area contributed by atoms with E-state index in [0.29, 0.717) is 12.0 Å². The van der Waals surface area contributed by atoms with E-state index in [1.54, 1.807) is 0 Å². The van der Waals surface area contributed by atoms with Crippen molar-refractivity contribution in [3.8, 4) is 0 Å². The van der Waals surface area contributed by atoms with Gasteiger partial charge in [-0.05, 0) is 53.6 Å². The fourth-order valence-corrected chi connectivity index (χ4v) is 20.3. The molecule has 0 rings (SSSR count). The van der Waals surface area contributed by atoms with Crippen molar-refractivity contribution in [1.29, 1.82) is 0 Å². The highest BCUT2D eigenvalue weighted by Crippen LogP contribution is 2.81. The first-order valence-electron chi connectivity index (χ1n) is 11.8. The van der Waals surface area contributed by atoms with Gasteiger partial charge in [0.2, 0.25) is 0 Å². The zero-order chi connectivity index (χ0) is 21.5. The number of hydrogen-bond acceptors (Lipinski definition) is 4. The van der Waals surface area contributed by atoms with Crippen molar-refractivity contribution in [2.45, 2.75) is 96.3 Å². The van der Waals surface area contributed by atoms with Crippen LogP contribution in [0.1, 0.15) is 86.5 Å². The molecule has 172 valence electrons. The minimum absolute atomic E-state index is 0.111. The smallest absolute Gasteiger partial charge is 0.167 e. The number of carbonyl (C=O) groups excluding carboxylic acids is 1. The molecule has 2 nitrogen and oxygen atoms in total. The molecule has 0 aliphatic carbocycles. The van der Waals surface area contributed by atoms with Crippen LogP contribution in [0.2, 0.25) is 5.54 Å². The van der Waals surface area contributed by atoms with Gasteiger partial charge in [0.25, 0.3) is 0 Å². The van der Waals surface area contributed by atoms with Crippen LogP contribution >= 0.6 is 33.6 Å². The first kappa shape index (κ1) is 28.9. The maximum absolute atomic E-state index is 11.2. The second kappa shape index (κ2) is 14.8. The summed E-state index contributed by atoms with van der Waals surface area (Å²) in [7, 11) is -2.92. The number of hydrogen-bond donors (Lipinski definition) is 2. The van der Waals surface area contributed by atoms with Gasteiger partial charge in [0.05, 0.1) is 0 Å². The lowest BCUT2D eigenvalue weighted by atomic mass is 10.2. The van der Waals surface area contributed by atoms with Gasteiger partial charge >= 0.3 is 0 Å². The van der Waals surface area contributed by atoms with Crippen LogP contribution in [0.15, 0.2) is 0 Å². The van der Waals surface area contributed by atoms with Gasteiger partial charge in [0.1, 0.15) is 10.6 Å².